The molecule has 8 heteroatoms. The number of nitrogens with one attached hydrogen (secondary N) is 1. The number of ether oxygens (including phenoxy) is 1. The highest BCUT2D eigenvalue weighted by atomic mass is 32.1. The van der Waals surface area contributed by atoms with Gasteiger partial charge in [0.15, 0.2) is 11.6 Å². The maximum atomic E-state index is 14.4. The summed E-state index contributed by atoms with van der Waals surface area (Å²) in [5, 5.41) is 1.57. The molecule has 5 rings (SSSR count). The molecule has 2 heterocycles. The van der Waals surface area contributed by atoms with Crippen LogP contribution in [0.3, 0.4) is 0 Å². The van der Waals surface area contributed by atoms with Crippen molar-refractivity contribution in [2.24, 2.45) is 5.92 Å². The van der Waals surface area contributed by atoms with Crippen LogP contribution in [-0.2, 0) is 6.42 Å². The van der Waals surface area contributed by atoms with E-state index < -0.39 is 5.82 Å². The Morgan fingerprint density at radius 2 is 2.06 bits per heavy atom. The Morgan fingerprint density at radius 3 is 2.79 bits per heavy atom. The molecule has 0 radical (unpaired) electrons. The number of rotatable bonds is 8. The third-order valence-electron chi connectivity index (χ3n) is 6.19. The average molecular weight is 482 g/mol. The molecule has 1 aliphatic rings. The minimum absolute atomic E-state index is 0.156. The van der Waals surface area contributed by atoms with Gasteiger partial charge in [0.1, 0.15) is 11.5 Å². The number of fused-ring (bicyclic) bond motifs is 1. The Balaban J connectivity index is 1.42. The first-order valence-electron chi connectivity index (χ1n) is 11.3. The molecule has 4 aromatic rings. The lowest BCUT2D eigenvalue weighted by atomic mass is 10.1. The number of hydrogen-bond acceptors (Lipinski definition) is 4. The fraction of sp³-hybridized carbons (Fsp3) is 0.308. The van der Waals surface area contributed by atoms with Gasteiger partial charge in [0, 0.05) is 30.2 Å². The van der Waals surface area contributed by atoms with Gasteiger partial charge in [0.25, 0.3) is 5.91 Å². The van der Waals surface area contributed by atoms with Crippen molar-refractivity contribution in [3.8, 4) is 16.2 Å². The molecular weight excluding hydrogens is 456 g/mol. The minimum atomic E-state index is -0.481. The molecule has 5 nitrogen and oxygen atoms in total. The number of benzene rings is 2. The topological polar surface area (TPSA) is 58.2 Å². The van der Waals surface area contributed by atoms with Crippen LogP contribution in [0.15, 0.2) is 42.6 Å². The van der Waals surface area contributed by atoms with Crippen LogP contribution in [0, 0.1) is 24.5 Å². The summed E-state index contributed by atoms with van der Waals surface area (Å²) in [6.45, 7) is 2.99. The molecule has 0 aliphatic heterocycles. The van der Waals surface area contributed by atoms with Gasteiger partial charge in [-0.25, -0.2) is 13.8 Å². The summed E-state index contributed by atoms with van der Waals surface area (Å²) in [6, 6.07) is 9.37. The van der Waals surface area contributed by atoms with Crippen molar-refractivity contribution >= 4 is 28.1 Å². The molecule has 2 aromatic heterocycles. The Kier molecular flexibility index (Phi) is 6.08. The van der Waals surface area contributed by atoms with E-state index in [1.165, 1.54) is 36.6 Å². The van der Waals surface area contributed by atoms with E-state index in [1.54, 1.807) is 18.2 Å². The van der Waals surface area contributed by atoms with Crippen molar-refractivity contribution in [2.75, 3.05) is 20.2 Å². The SMILES string of the molecule is COc1ccc(-c2sc(C)nc2C(=O)N(CCc2c[nH]c3ccc(F)cc23)CC2CC2)cc1F. The van der Waals surface area contributed by atoms with E-state index in [1.807, 2.05) is 18.0 Å². The molecule has 0 unspecified atom stereocenters. The molecule has 0 spiro atoms. The number of amides is 1. The van der Waals surface area contributed by atoms with E-state index in [0.29, 0.717) is 41.6 Å². The van der Waals surface area contributed by atoms with Crippen LogP contribution >= 0.6 is 11.3 Å². The summed E-state index contributed by atoms with van der Waals surface area (Å²) in [6.07, 6.45) is 4.68. The zero-order valence-corrected chi connectivity index (χ0v) is 19.8. The molecule has 1 amide bonds. The van der Waals surface area contributed by atoms with Gasteiger partial charge in [-0.1, -0.05) is 0 Å². The summed E-state index contributed by atoms with van der Waals surface area (Å²) in [5.41, 5.74) is 2.79. The van der Waals surface area contributed by atoms with E-state index in [0.717, 1.165) is 34.3 Å². The second kappa shape index (κ2) is 9.18. The minimum Gasteiger partial charge on any atom is -0.494 e. The van der Waals surface area contributed by atoms with Crippen LogP contribution in [0.5, 0.6) is 5.75 Å². The number of carbonyl (C=O) groups is 1. The van der Waals surface area contributed by atoms with Crippen LogP contribution in [0.25, 0.3) is 21.3 Å². The lowest BCUT2D eigenvalue weighted by molar-refractivity contribution is 0.0745. The maximum Gasteiger partial charge on any atom is 0.274 e. The number of H-pyrrole nitrogens is 1. The molecule has 1 saturated carbocycles. The highest BCUT2D eigenvalue weighted by Gasteiger charge is 2.30. The van der Waals surface area contributed by atoms with Crippen LogP contribution < -0.4 is 4.74 Å². The summed E-state index contributed by atoms with van der Waals surface area (Å²) in [4.78, 5) is 23.9. The van der Waals surface area contributed by atoms with Crippen LogP contribution in [0.1, 0.15) is 33.9 Å². The van der Waals surface area contributed by atoms with E-state index >= 15 is 0 Å². The Morgan fingerprint density at radius 1 is 1.24 bits per heavy atom. The molecule has 1 N–H and O–H groups in total. The van der Waals surface area contributed by atoms with Gasteiger partial charge in [0.05, 0.1) is 17.0 Å². The van der Waals surface area contributed by atoms with Crippen molar-refractivity contribution in [1.29, 1.82) is 0 Å². The first kappa shape index (κ1) is 22.5. The van der Waals surface area contributed by atoms with Crippen molar-refractivity contribution in [3.63, 3.8) is 0 Å². The lowest BCUT2D eigenvalue weighted by Gasteiger charge is -2.22. The number of carbonyl (C=O) groups excluding carboxylic acids is 1. The zero-order chi connectivity index (χ0) is 23.8. The third kappa shape index (κ3) is 4.55. The Labute approximate surface area is 200 Å². The molecule has 0 atom stereocenters. The molecule has 176 valence electrons. The fourth-order valence-electron chi connectivity index (χ4n) is 4.23. The monoisotopic (exact) mass is 481 g/mol. The van der Waals surface area contributed by atoms with Crippen LogP contribution in [0.2, 0.25) is 0 Å². The van der Waals surface area contributed by atoms with Gasteiger partial charge in [-0.3, -0.25) is 4.79 Å². The second-order valence-electron chi connectivity index (χ2n) is 8.71. The normalized spacial score (nSPS) is 13.4. The summed E-state index contributed by atoms with van der Waals surface area (Å²) in [5.74, 6) is -0.276. The van der Waals surface area contributed by atoms with Gasteiger partial charge < -0.3 is 14.6 Å². The molecule has 1 aliphatic carbocycles. The number of aryl methyl sites for hydroxylation is 1. The molecular formula is C26H25F2N3O2S. The molecule has 0 bridgehead atoms. The van der Waals surface area contributed by atoms with Crippen molar-refractivity contribution in [1.82, 2.24) is 14.9 Å². The molecule has 34 heavy (non-hydrogen) atoms. The third-order valence-corrected chi connectivity index (χ3v) is 7.21. The quantitative estimate of drug-likeness (QED) is 0.337. The Bertz CT molecular complexity index is 1360. The first-order chi connectivity index (χ1) is 16.4. The highest BCUT2D eigenvalue weighted by molar-refractivity contribution is 7.15. The van der Waals surface area contributed by atoms with Crippen molar-refractivity contribution in [2.45, 2.75) is 26.2 Å². The number of hydrogen-bond donors (Lipinski definition) is 1. The van der Waals surface area contributed by atoms with E-state index in [4.69, 9.17) is 4.74 Å². The van der Waals surface area contributed by atoms with Gasteiger partial charge in [-0.15, -0.1) is 11.3 Å². The Hall–Kier alpha value is -3.26. The van der Waals surface area contributed by atoms with Crippen molar-refractivity contribution < 1.29 is 18.3 Å². The number of aromatic nitrogens is 2. The van der Waals surface area contributed by atoms with Crippen LogP contribution in [0.4, 0.5) is 8.78 Å². The first-order valence-corrected chi connectivity index (χ1v) is 12.1. The largest absolute Gasteiger partial charge is 0.494 e. The molecule has 0 saturated heterocycles. The number of nitrogens with zero attached hydrogens (tertiary/aromatic N) is 2. The summed E-state index contributed by atoms with van der Waals surface area (Å²) in [7, 11) is 1.42. The van der Waals surface area contributed by atoms with Gasteiger partial charge in [-0.2, -0.15) is 0 Å². The number of methoxy groups -OCH3 is 1. The predicted molar refractivity (Wildman–Crippen MR) is 129 cm³/mol. The second-order valence-corrected chi connectivity index (χ2v) is 9.91. The predicted octanol–water partition coefficient (Wildman–Crippen LogP) is 5.98. The van der Waals surface area contributed by atoms with Crippen LogP contribution in [-0.4, -0.2) is 41.0 Å². The summed E-state index contributed by atoms with van der Waals surface area (Å²) < 4.78 is 33.2. The molecule has 1 fully saturated rings. The number of thiazole rings is 1. The standard InChI is InChI=1S/C26H25F2N3O2S/c1-15-30-24(25(34-15)17-5-8-23(33-2)21(28)11-17)26(32)31(14-16-3-4-16)10-9-18-13-29-22-7-6-19(27)12-20(18)22/h5-8,11-13,16,29H,3-4,9-10,14H2,1-2H3. The summed E-state index contributed by atoms with van der Waals surface area (Å²) >= 11 is 1.38. The van der Waals surface area contributed by atoms with E-state index in [2.05, 4.69) is 9.97 Å². The highest BCUT2D eigenvalue weighted by Crippen LogP contribution is 2.35. The lowest BCUT2D eigenvalue weighted by Crippen LogP contribution is -2.35. The van der Waals surface area contributed by atoms with Gasteiger partial charge in [-0.05, 0) is 79.6 Å². The molecule has 2 aromatic carbocycles. The maximum absolute atomic E-state index is 14.4. The zero-order valence-electron chi connectivity index (χ0n) is 19.0. The number of halogens is 2. The van der Waals surface area contributed by atoms with E-state index in [9.17, 15) is 13.6 Å². The fourth-order valence-corrected chi connectivity index (χ4v) is 5.13. The average Bonchev–Trinajstić information content (AvgIpc) is 3.43. The smallest absolute Gasteiger partial charge is 0.274 e. The van der Waals surface area contributed by atoms with Gasteiger partial charge in [0.2, 0.25) is 0 Å². The van der Waals surface area contributed by atoms with Gasteiger partial charge >= 0.3 is 0 Å². The van der Waals surface area contributed by atoms with Crippen molar-refractivity contribution in [3.05, 3.63) is 70.5 Å². The number of aromatic amines is 1. The van der Waals surface area contributed by atoms with E-state index in [-0.39, 0.29) is 17.5 Å².